The van der Waals surface area contributed by atoms with Gasteiger partial charge in [-0.3, -0.25) is 9.89 Å². The number of nitrogens with one attached hydrogen (secondary N) is 3. The van der Waals surface area contributed by atoms with Crippen molar-refractivity contribution >= 4 is 11.7 Å². The molecule has 0 radical (unpaired) electrons. The number of H-pyrrole nitrogens is 1. The maximum atomic E-state index is 11.6. The Morgan fingerprint density at radius 2 is 2.33 bits per heavy atom. The van der Waals surface area contributed by atoms with Crippen LogP contribution in [0.1, 0.15) is 35.1 Å². The Kier molecular flexibility index (Phi) is 3.81. The highest BCUT2D eigenvalue weighted by molar-refractivity contribution is 5.92. The number of carbonyl (C=O) groups excluding carboxylic acids is 1. The number of rotatable bonds is 4. The molecular formula is C14H18N6O. The Morgan fingerprint density at radius 3 is 3.10 bits per heavy atom. The number of aryl methyl sites for hydroxylation is 1. The second-order valence-corrected chi connectivity index (χ2v) is 5.12. The predicted octanol–water partition coefficient (Wildman–Crippen LogP) is 0.919. The molecule has 3 rings (SSSR count). The number of hydrogen-bond acceptors (Lipinski definition) is 5. The van der Waals surface area contributed by atoms with E-state index in [4.69, 9.17) is 0 Å². The molecule has 0 saturated carbocycles. The number of carbonyl (C=O) groups is 1. The average Bonchev–Trinajstić information content (AvgIpc) is 2.96. The lowest BCUT2D eigenvalue weighted by Gasteiger charge is -2.23. The van der Waals surface area contributed by atoms with E-state index < -0.39 is 0 Å². The van der Waals surface area contributed by atoms with Gasteiger partial charge in [-0.15, -0.1) is 10.2 Å². The second-order valence-electron chi connectivity index (χ2n) is 5.12. The van der Waals surface area contributed by atoms with Gasteiger partial charge < -0.3 is 10.6 Å². The van der Waals surface area contributed by atoms with Gasteiger partial charge in [0.25, 0.3) is 5.91 Å². The van der Waals surface area contributed by atoms with Crippen molar-refractivity contribution in [2.45, 2.75) is 32.2 Å². The summed E-state index contributed by atoms with van der Waals surface area (Å²) in [6, 6.07) is 3.80. The molecule has 0 saturated heterocycles. The summed E-state index contributed by atoms with van der Waals surface area (Å²) in [4.78, 5) is 11.6. The molecule has 1 aliphatic rings. The minimum absolute atomic E-state index is 0.197. The predicted molar refractivity (Wildman–Crippen MR) is 78.1 cm³/mol. The summed E-state index contributed by atoms with van der Waals surface area (Å²) in [6.45, 7) is 2.45. The molecule has 7 heteroatoms. The molecule has 0 aromatic carbocycles. The van der Waals surface area contributed by atoms with Gasteiger partial charge in [0.1, 0.15) is 5.82 Å². The summed E-state index contributed by atoms with van der Waals surface area (Å²) >= 11 is 0. The maximum Gasteiger partial charge on any atom is 0.271 e. The standard InChI is InChI=1S/C14H18N6O/c1-2-15-14(21)12-5-6-13(20-19-12)17-10-3-4-11-9(7-10)8-16-18-11/h5-6,8,10H,2-4,7H2,1H3,(H,15,21)(H,16,18)(H,17,20)/t10-/m0/s1. The van der Waals surface area contributed by atoms with Crippen LogP contribution in [0, 0.1) is 0 Å². The molecule has 0 fully saturated rings. The minimum Gasteiger partial charge on any atom is -0.366 e. The molecule has 7 nitrogen and oxygen atoms in total. The molecule has 0 unspecified atom stereocenters. The summed E-state index contributed by atoms with van der Waals surface area (Å²) in [5.74, 6) is 0.497. The van der Waals surface area contributed by atoms with E-state index in [-0.39, 0.29) is 5.91 Å². The van der Waals surface area contributed by atoms with Gasteiger partial charge in [-0.05, 0) is 43.9 Å². The van der Waals surface area contributed by atoms with E-state index in [0.717, 1.165) is 19.3 Å². The summed E-state index contributed by atoms with van der Waals surface area (Å²) in [5, 5.41) is 21.2. The molecule has 2 heterocycles. The third-order valence-corrected chi connectivity index (χ3v) is 3.60. The van der Waals surface area contributed by atoms with Crippen molar-refractivity contribution < 1.29 is 4.79 Å². The van der Waals surface area contributed by atoms with Gasteiger partial charge in [-0.2, -0.15) is 5.10 Å². The van der Waals surface area contributed by atoms with E-state index in [9.17, 15) is 4.79 Å². The highest BCUT2D eigenvalue weighted by Gasteiger charge is 2.20. The molecule has 0 bridgehead atoms. The van der Waals surface area contributed by atoms with E-state index in [1.807, 2.05) is 13.1 Å². The largest absolute Gasteiger partial charge is 0.366 e. The summed E-state index contributed by atoms with van der Waals surface area (Å²) in [7, 11) is 0. The van der Waals surface area contributed by atoms with Crippen LogP contribution in [0.2, 0.25) is 0 Å². The highest BCUT2D eigenvalue weighted by atomic mass is 16.1. The summed E-state index contributed by atoms with van der Waals surface area (Å²) < 4.78 is 0. The third-order valence-electron chi connectivity index (χ3n) is 3.60. The number of amides is 1. The summed E-state index contributed by atoms with van der Waals surface area (Å²) in [5.41, 5.74) is 2.82. The molecule has 1 aliphatic carbocycles. The molecule has 110 valence electrons. The molecule has 1 amide bonds. The normalized spacial score (nSPS) is 17.1. The number of aromatic amines is 1. The van der Waals surface area contributed by atoms with Gasteiger partial charge in [0.15, 0.2) is 5.69 Å². The van der Waals surface area contributed by atoms with Crippen LogP contribution in [-0.2, 0) is 12.8 Å². The molecule has 3 N–H and O–H groups in total. The Balaban J connectivity index is 1.62. The van der Waals surface area contributed by atoms with Crippen LogP contribution in [0.3, 0.4) is 0 Å². The van der Waals surface area contributed by atoms with E-state index in [0.29, 0.717) is 24.1 Å². The quantitative estimate of drug-likeness (QED) is 0.776. The first-order valence-corrected chi connectivity index (χ1v) is 7.16. The molecular weight excluding hydrogens is 268 g/mol. The number of nitrogens with zero attached hydrogens (tertiary/aromatic N) is 3. The van der Waals surface area contributed by atoms with Crippen molar-refractivity contribution in [3.8, 4) is 0 Å². The number of anilines is 1. The van der Waals surface area contributed by atoms with Gasteiger partial charge in [0, 0.05) is 18.3 Å². The van der Waals surface area contributed by atoms with E-state index in [1.54, 1.807) is 12.1 Å². The second kappa shape index (κ2) is 5.90. The Labute approximate surface area is 122 Å². The fourth-order valence-corrected chi connectivity index (χ4v) is 2.53. The topological polar surface area (TPSA) is 95.6 Å². The third kappa shape index (κ3) is 3.01. The van der Waals surface area contributed by atoms with Crippen LogP contribution in [-0.4, -0.2) is 38.9 Å². The van der Waals surface area contributed by atoms with Gasteiger partial charge in [-0.25, -0.2) is 0 Å². The smallest absolute Gasteiger partial charge is 0.271 e. The van der Waals surface area contributed by atoms with Crippen LogP contribution in [0.4, 0.5) is 5.82 Å². The van der Waals surface area contributed by atoms with Crippen LogP contribution in [0.25, 0.3) is 0 Å². The molecule has 0 spiro atoms. The lowest BCUT2D eigenvalue weighted by molar-refractivity contribution is 0.0950. The van der Waals surface area contributed by atoms with Gasteiger partial charge in [0.05, 0.1) is 6.20 Å². The zero-order valence-corrected chi connectivity index (χ0v) is 11.9. The first-order chi connectivity index (χ1) is 10.3. The van der Waals surface area contributed by atoms with Crippen LogP contribution >= 0.6 is 0 Å². The van der Waals surface area contributed by atoms with Crippen molar-refractivity contribution in [1.82, 2.24) is 25.7 Å². The lowest BCUT2D eigenvalue weighted by Crippen LogP contribution is -2.28. The highest BCUT2D eigenvalue weighted by Crippen LogP contribution is 2.21. The summed E-state index contributed by atoms with van der Waals surface area (Å²) in [6.07, 6.45) is 4.81. The van der Waals surface area contributed by atoms with Crippen LogP contribution in [0.15, 0.2) is 18.3 Å². The number of fused-ring (bicyclic) bond motifs is 1. The zero-order chi connectivity index (χ0) is 14.7. The molecule has 21 heavy (non-hydrogen) atoms. The fraction of sp³-hybridized carbons (Fsp3) is 0.429. The monoisotopic (exact) mass is 286 g/mol. The first kappa shape index (κ1) is 13.5. The Morgan fingerprint density at radius 1 is 1.43 bits per heavy atom. The van der Waals surface area contributed by atoms with Crippen molar-refractivity contribution in [2.24, 2.45) is 0 Å². The molecule has 2 aromatic heterocycles. The SMILES string of the molecule is CCNC(=O)c1ccc(N[C@H]2CCc3[nH]ncc3C2)nn1. The van der Waals surface area contributed by atoms with Crippen molar-refractivity contribution in [1.29, 1.82) is 0 Å². The fourth-order valence-electron chi connectivity index (χ4n) is 2.53. The number of aromatic nitrogens is 4. The molecule has 0 aliphatic heterocycles. The van der Waals surface area contributed by atoms with Gasteiger partial charge in [0.2, 0.25) is 0 Å². The lowest BCUT2D eigenvalue weighted by atomic mass is 9.93. The van der Waals surface area contributed by atoms with Gasteiger partial charge in [-0.1, -0.05) is 0 Å². The first-order valence-electron chi connectivity index (χ1n) is 7.16. The van der Waals surface area contributed by atoms with Crippen LogP contribution < -0.4 is 10.6 Å². The van der Waals surface area contributed by atoms with E-state index in [2.05, 4.69) is 31.0 Å². The Bertz CT molecular complexity index is 621. The van der Waals surface area contributed by atoms with Crippen molar-refractivity contribution in [3.63, 3.8) is 0 Å². The number of hydrogen-bond donors (Lipinski definition) is 3. The van der Waals surface area contributed by atoms with Crippen molar-refractivity contribution in [3.05, 3.63) is 35.3 Å². The zero-order valence-electron chi connectivity index (χ0n) is 11.9. The van der Waals surface area contributed by atoms with Crippen LogP contribution in [0.5, 0.6) is 0 Å². The molecule has 2 aromatic rings. The maximum absolute atomic E-state index is 11.6. The average molecular weight is 286 g/mol. The van der Waals surface area contributed by atoms with Gasteiger partial charge >= 0.3 is 0 Å². The van der Waals surface area contributed by atoms with Crippen molar-refractivity contribution in [2.75, 3.05) is 11.9 Å². The molecule has 1 atom stereocenters. The van der Waals surface area contributed by atoms with E-state index in [1.165, 1.54) is 11.3 Å². The minimum atomic E-state index is -0.197. The van der Waals surface area contributed by atoms with E-state index >= 15 is 0 Å². The Hall–Kier alpha value is -2.44.